The molecule has 1 heteroatoms. The SMILES string of the molecule is Cc1ccc(CC(O)C2CC2)cc1C. The van der Waals surface area contributed by atoms with Gasteiger partial charge in [-0.25, -0.2) is 0 Å². The maximum Gasteiger partial charge on any atom is 0.0608 e. The first-order valence-electron chi connectivity index (χ1n) is 5.41. The predicted molar refractivity (Wildman–Crippen MR) is 58.4 cm³/mol. The Hall–Kier alpha value is -0.820. The lowest BCUT2D eigenvalue weighted by atomic mass is 10.0. The summed E-state index contributed by atoms with van der Waals surface area (Å²) in [5.41, 5.74) is 3.92. The molecule has 1 aliphatic carbocycles. The van der Waals surface area contributed by atoms with Gasteiger partial charge in [0.2, 0.25) is 0 Å². The average molecular weight is 190 g/mol. The number of aliphatic hydroxyl groups excluding tert-OH is 1. The Bertz CT molecular complexity index is 326. The lowest BCUT2D eigenvalue weighted by molar-refractivity contribution is 0.151. The molecule has 14 heavy (non-hydrogen) atoms. The maximum absolute atomic E-state index is 9.80. The molecule has 1 N–H and O–H groups in total. The van der Waals surface area contributed by atoms with Crippen LogP contribution in [-0.2, 0) is 6.42 Å². The third-order valence-corrected chi connectivity index (χ3v) is 3.18. The Morgan fingerprint density at radius 1 is 1.29 bits per heavy atom. The predicted octanol–water partition coefficient (Wildman–Crippen LogP) is 2.62. The Labute approximate surface area is 85.8 Å². The molecule has 2 rings (SSSR count). The number of hydrogen-bond donors (Lipinski definition) is 1. The van der Waals surface area contributed by atoms with E-state index >= 15 is 0 Å². The van der Waals surface area contributed by atoms with Crippen LogP contribution in [0.1, 0.15) is 29.5 Å². The number of benzene rings is 1. The molecule has 0 amide bonds. The van der Waals surface area contributed by atoms with Gasteiger partial charge in [0.05, 0.1) is 6.10 Å². The Morgan fingerprint density at radius 3 is 2.57 bits per heavy atom. The molecule has 0 aliphatic heterocycles. The molecule has 1 nitrogen and oxygen atoms in total. The van der Waals surface area contributed by atoms with E-state index in [0.717, 1.165) is 6.42 Å². The highest BCUT2D eigenvalue weighted by Crippen LogP contribution is 2.34. The van der Waals surface area contributed by atoms with E-state index in [2.05, 4.69) is 32.0 Å². The van der Waals surface area contributed by atoms with Gasteiger partial charge in [-0.05, 0) is 55.7 Å². The summed E-state index contributed by atoms with van der Waals surface area (Å²) in [5.74, 6) is 0.580. The van der Waals surface area contributed by atoms with Crippen LogP contribution in [-0.4, -0.2) is 11.2 Å². The van der Waals surface area contributed by atoms with Gasteiger partial charge in [-0.2, -0.15) is 0 Å². The van der Waals surface area contributed by atoms with E-state index in [0.29, 0.717) is 5.92 Å². The fraction of sp³-hybridized carbons (Fsp3) is 0.538. The molecule has 0 saturated heterocycles. The molecule has 0 bridgehead atoms. The minimum absolute atomic E-state index is 0.114. The molecule has 1 aromatic rings. The number of aryl methyl sites for hydroxylation is 2. The molecule has 76 valence electrons. The minimum Gasteiger partial charge on any atom is -0.392 e. The molecule has 1 aromatic carbocycles. The first-order chi connectivity index (χ1) is 6.66. The molecule has 0 heterocycles. The zero-order valence-corrected chi connectivity index (χ0v) is 8.96. The van der Waals surface area contributed by atoms with Gasteiger partial charge in [-0.3, -0.25) is 0 Å². The van der Waals surface area contributed by atoms with Crippen LogP contribution in [0, 0.1) is 19.8 Å². The lowest BCUT2D eigenvalue weighted by Crippen LogP contribution is -2.12. The third-order valence-electron chi connectivity index (χ3n) is 3.18. The van der Waals surface area contributed by atoms with Crippen LogP contribution < -0.4 is 0 Å². The fourth-order valence-corrected chi connectivity index (χ4v) is 1.82. The Kier molecular flexibility index (Phi) is 2.60. The summed E-state index contributed by atoms with van der Waals surface area (Å²) < 4.78 is 0. The molecular weight excluding hydrogens is 172 g/mol. The van der Waals surface area contributed by atoms with Crippen LogP contribution in [0.25, 0.3) is 0 Å². The molecule has 0 aromatic heterocycles. The van der Waals surface area contributed by atoms with E-state index in [9.17, 15) is 5.11 Å². The molecule has 0 spiro atoms. The van der Waals surface area contributed by atoms with Crippen LogP contribution in [0.3, 0.4) is 0 Å². The zero-order valence-electron chi connectivity index (χ0n) is 8.96. The van der Waals surface area contributed by atoms with Crippen molar-refractivity contribution in [3.8, 4) is 0 Å². The van der Waals surface area contributed by atoms with Crippen molar-refractivity contribution in [3.05, 3.63) is 34.9 Å². The fourth-order valence-electron chi connectivity index (χ4n) is 1.82. The van der Waals surface area contributed by atoms with E-state index < -0.39 is 0 Å². The van der Waals surface area contributed by atoms with Crippen molar-refractivity contribution in [1.29, 1.82) is 0 Å². The van der Waals surface area contributed by atoms with E-state index in [-0.39, 0.29) is 6.10 Å². The second kappa shape index (κ2) is 3.74. The highest BCUT2D eigenvalue weighted by molar-refractivity contribution is 5.30. The van der Waals surface area contributed by atoms with Gasteiger partial charge in [0, 0.05) is 0 Å². The van der Waals surface area contributed by atoms with Crippen LogP contribution >= 0.6 is 0 Å². The number of aliphatic hydroxyl groups is 1. The Morgan fingerprint density at radius 2 is 2.00 bits per heavy atom. The monoisotopic (exact) mass is 190 g/mol. The van der Waals surface area contributed by atoms with Gasteiger partial charge in [-0.1, -0.05) is 18.2 Å². The lowest BCUT2D eigenvalue weighted by Gasteiger charge is -2.10. The van der Waals surface area contributed by atoms with E-state index in [1.807, 2.05) is 0 Å². The molecule has 1 aliphatic rings. The van der Waals surface area contributed by atoms with Gasteiger partial charge in [0.25, 0.3) is 0 Å². The topological polar surface area (TPSA) is 20.2 Å². The molecule has 1 atom stereocenters. The molecule has 1 saturated carbocycles. The highest BCUT2D eigenvalue weighted by atomic mass is 16.3. The van der Waals surface area contributed by atoms with E-state index in [4.69, 9.17) is 0 Å². The van der Waals surface area contributed by atoms with Crippen LogP contribution in [0.15, 0.2) is 18.2 Å². The largest absolute Gasteiger partial charge is 0.392 e. The van der Waals surface area contributed by atoms with Gasteiger partial charge in [-0.15, -0.1) is 0 Å². The smallest absolute Gasteiger partial charge is 0.0608 e. The van der Waals surface area contributed by atoms with Crippen molar-refractivity contribution < 1.29 is 5.11 Å². The van der Waals surface area contributed by atoms with Crippen LogP contribution in [0.4, 0.5) is 0 Å². The first kappa shape index (κ1) is 9.72. The summed E-state index contributed by atoms with van der Waals surface area (Å²) in [4.78, 5) is 0. The molecule has 0 radical (unpaired) electrons. The van der Waals surface area contributed by atoms with Crippen molar-refractivity contribution in [1.82, 2.24) is 0 Å². The summed E-state index contributed by atoms with van der Waals surface area (Å²) in [6.07, 6.45) is 3.14. The summed E-state index contributed by atoms with van der Waals surface area (Å²) in [6, 6.07) is 6.47. The second-order valence-corrected chi connectivity index (χ2v) is 4.53. The minimum atomic E-state index is -0.114. The summed E-state index contributed by atoms with van der Waals surface area (Å²) in [7, 11) is 0. The molecular formula is C13H18O. The van der Waals surface area contributed by atoms with Crippen molar-refractivity contribution in [2.75, 3.05) is 0 Å². The van der Waals surface area contributed by atoms with E-state index in [1.165, 1.54) is 29.5 Å². The zero-order chi connectivity index (χ0) is 10.1. The van der Waals surface area contributed by atoms with Gasteiger partial charge in [0.15, 0.2) is 0 Å². The number of rotatable bonds is 3. The van der Waals surface area contributed by atoms with Crippen molar-refractivity contribution in [2.45, 2.75) is 39.2 Å². The Balaban J connectivity index is 2.04. The summed E-state index contributed by atoms with van der Waals surface area (Å²) in [5, 5.41) is 9.80. The summed E-state index contributed by atoms with van der Waals surface area (Å²) in [6.45, 7) is 4.25. The van der Waals surface area contributed by atoms with Gasteiger partial charge >= 0.3 is 0 Å². The third kappa shape index (κ3) is 2.16. The average Bonchev–Trinajstić information content (AvgIpc) is 2.94. The van der Waals surface area contributed by atoms with Gasteiger partial charge < -0.3 is 5.11 Å². The van der Waals surface area contributed by atoms with Crippen molar-refractivity contribution in [2.24, 2.45) is 5.92 Å². The van der Waals surface area contributed by atoms with Crippen LogP contribution in [0.5, 0.6) is 0 Å². The van der Waals surface area contributed by atoms with Crippen LogP contribution in [0.2, 0.25) is 0 Å². The number of hydrogen-bond acceptors (Lipinski definition) is 1. The van der Waals surface area contributed by atoms with Crippen molar-refractivity contribution >= 4 is 0 Å². The van der Waals surface area contributed by atoms with Crippen molar-refractivity contribution in [3.63, 3.8) is 0 Å². The summed E-state index contributed by atoms with van der Waals surface area (Å²) >= 11 is 0. The second-order valence-electron chi connectivity index (χ2n) is 4.53. The quantitative estimate of drug-likeness (QED) is 0.776. The first-order valence-corrected chi connectivity index (χ1v) is 5.41. The standard InChI is InChI=1S/C13H18O/c1-9-3-4-11(7-10(9)2)8-13(14)12-5-6-12/h3-4,7,12-14H,5-6,8H2,1-2H3. The molecule has 1 unspecified atom stereocenters. The normalized spacial score (nSPS) is 18.2. The maximum atomic E-state index is 9.80. The van der Waals surface area contributed by atoms with E-state index in [1.54, 1.807) is 0 Å². The molecule has 1 fully saturated rings. The highest BCUT2D eigenvalue weighted by Gasteiger charge is 2.29. The van der Waals surface area contributed by atoms with Gasteiger partial charge in [0.1, 0.15) is 0 Å².